The van der Waals surface area contributed by atoms with Crippen molar-refractivity contribution in [1.82, 2.24) is 5.32 Å². The summed E-state index contributed by atoms with van der Waals surface area (Å²) in [4.78, 5) is 1.23. The van der Waals surface area contributed by atoms with Gasteiger partial charge in [-0.15, -0.1) is 11.3 Å². The van der Waals surface area contributed by atoms with E-state index in [4.69, 9.17) is 4.42 Å². The number of hydrogen-bond acceptors (Lipinski definition) is 4. The number of nitrogens with one attached hydrogen (secondary N) is 1. The van der Waals surface area contributed by atoms with Gasteiger partial charge < -0.3 is 14.8 Å². The van der Waals surface area contributed by atoms with Crippen LogP contribution in [-0.2, 0) is 6.54 Å². The zero-order chi connectivity index (χ0) is 11.4. The van der Waals surface area contributed by atoms with Gasteiger partial charge >= 0.3 is 0 Å². The van der Waals surface area contributed by atoms with Crippen LogP contribution in [0, 0.1) is 0 Å². The predicted octanol–water partition coefficient (Wildman–Crippen LogP) is 2.93. The second-order valence-corrected chi connectivity index (χ2v) is 5.92. The van der Waals surface area contributed by atoms with E-state index in [1.165, 1.54) is 4.88 Å². The van der Waals surface area contributed by atoms with Crippen molar-refractivity contribution < 1.29 is 9.52 Å². The molecule has 2 N–H and O–H groups in total. The summed E-state index contributed by atoms with van der Waals surface area (Å²) in [5.41, 5.74) is 0. The number of thiophene rings is 1. The molecule has 2 heterocycles. The fraction of sp³-hybridized carbons (Fsp3) is 0.273. The van der Waals surface area contributed by atoms with Crippen molar-refractivity contribution in [3.8, 4) is 0 Å². The number of furan rings is 1. The summed E-state index contributed by atoms with van der Waals surface area (Å²) in [6, 6.07) is 7.62. The van der Waals surface area contributed by atoms with E-state index in [9.17, 15) is 5.11 Å². The summed E-state index contributed by atoms with van der Waals surface area (Å²) in [6.07, 6.45) is 0.980. The van der Waals surface area contributed by atoms with Gasteiger partial charge in [0.1, 0.15) is 11.9 Å². The molecule has 0 aliphatic carbocycles. The fourth-order valence-corrected chi connectivity index (χ4v) is 2.81. The standard InChI is InChI=1S/C11H12BrNO2S/c12-11-4-3-8(16-11)6-13-7-9(14)10-2-1-5-15-10/h1-5,9,13-14H,6-7H2. The molecule has 0 spiro atoms. The summed E-state index contributed by atoms with van der Waals surface area (Å²) < 4.78 is 6.23. The van der Waals surface area contributed by atoms with Gasteiger partial charge in [-0.05, 0) is 40.2 Å². The van der Waals surface area contributed by atoms with Gasteiger partial charge in [-0.2, -0.15) is 0 Å². The molecule has 3 nitrogen and oxygen atoms in total. The van der Waals surface area contributed by atoms with Gasteiger partial charge in [-0.25, -0.2) is 0 Å². The lowest BCUT2D eigenvalue weighted by molar-refractivity contribution is 0.147. The van der Waals surface area contributed by atoms with Crippen LogP contribution in [0.25, 0.3) is 0 Å². The van der Waals surface area contributed by atoms with Crippen LogP contribution >= 0.6 is 27.3 Å². The minimum atomic E-state index is -0.585. The smallest absolute Gasteiger partial charge is 0.133 e. The van der Waals surface area contributed by atoms with Gasteiger partial charge in [0.15, 0.2) is 0 Å². The van der Waals surface area contributed by atoms with Crippen molar-refractivity contribution in [3.63, 3.8) is 0 Å². The Labute approximate surface area is 106 Å². The number of rotatable bonds is 5. The molecule has 0 aromatic carbocycles. The van der Waals surface area contributed by atoms with Crippen molar-refractivity contribution in [2.24, 2.45) is 0 Å². The van der Waals surface area contributed by atoms with Gasteiger partial charge in [-0.1, -0.05) is 0 Å². The first kappa shape index (κ1) is 11.9. The molecule has 2 rings (SSSR count). The highest BCUT2D eigenvalue weighted by Crippen LogP contribution is 2.21. The number of aliphatic hydroxyl groups excluding tert-OH is 1. The van der Waals surface area contributed by atoms with E-state index in [1.54, 1.807) is 29.7 Å². The normalized spacial score (nSPS) is 12.9. The Kier molecular flexibility index (Phi) is 4.17. The van der Waals surface area contributed by atoms with E-state index in [-0.39, 0.29) is 0 Å². The number of halogens is 1. The highest BCUT2D eigenvalue weighted by Gasteiger charge is 2.09. The third-order valence-electron chi connectivity index (χ3n) is 2.14. The monoisotopic (exact) mass is 301 g/mol. The maximum absolute atomic E-state index is 9.73. The van der Waals surface area contributed by atoms with Crippen LogP contribution in [0.4, 0.5) is 0 Å². The Balaban J connectivity index is 1.76. The first-order valence-electron chi connectivity index (χ1n) is 4.92. The molecule has 1 unspecified atom stereocenters. The molecule has 2 aromatic rings. The zero-order valence-electron chi connectivity index (χ0n) is 8.52. The molecule has 0 aliphatic rings. The summed E-state index contributed by atoms with van der Waals surface area (Å²) >= 11 is 5.10. The summed E-state index contributed by atoms with van der Waals surface area (Å²) in [6.45, 7) is 1.25. The highest BCUT2D eigenvalue weighted by atomic mass is 79.9. The van der Waals surface area contributed by atoms with Crippen LogP contribution < -0.4 is 5.32 Å². The summed E-state index contributed by atoms with van der Waals surface area (Å²) in [5, 5.41) is 12.9. The van der Waals surface area contributed by atoms with E-state index in [0.29, 0.717) is 12.3 Å². The minimum Gasteiger partial charge on any atom is -0.467 e. The Bertz CT molecular complexity index is 427. The molecule has 0 saturated carbocycles. The molecular formula is C11H12BrNO2S. The van der Waals surface area contributed by atoms with E-state index < -0.39 is 6.10 Å². The minimum absolute atomic E-state index is 0.489. The largest absolute Gasteiger partial charge is 0.467 e. The van der Waals surface area contributed by atoms with Crippen LogP contribution in [0.3, 0.4) is 0 Å². The third-order valence-corrected chi connectivity index (χ3v) is 3.76. The number of hydrogen-bond donors (Lipinski definition) is 2. The van der Waals surface area contributed by atoms with Crippen molar-refractivity contribution in [2.45, 2.75) is 12.6 Å². The lowest BCUT2D eigenvalue weighted by atomic mass is 10.3. The first-order valence-corrected chi connectivity index (χ1v) is 6.53. The second kappa shape index (κ2) is 5.63. The molecule has 2 aromatic heterocycles. The van der Waals surface area contributed by atoms with Crippen LogP contribution in [0.1, 0.15) is 16.7 Å². The van der Waals surface area contributed by atoms with Crippen LogP contribution in [0.5, 0.6) is 0 Å². The van der Waals surface area contributed by atoms with Crippen LogP contribution in [0.2, 0.25) is 0 Å². The van der Waals surface area contributed by atoms with Crippen molar-refractivity contribution >= 4 is 27.3 Å². The average molecular weight is 302 g/mol. The summed E-state index contributed by atoms with van der Waals surface area (Å²) in [5.74, 6) is 0.597. The molecule has 0 aliphatic heterocycles. The van der Waals surface area contributed by atoms with Crippen LogP contribution in [0.15, 0.2) is 38.7 Å². The highest BCUT2D eigenvalue weighted by molar-refractivity contribution is 9.11. The zero-order valence-corrected chi connectivity index (χ0v) is 10.9. The maximum Gasteiger partial charge on any atom is 0.133 e. The SMILES string of the molecule is OC(CNCc1ccc(Br)s1)c1ccco1. The topological polar surface area (TPSA) is 45.4 Å². The fourth-order valence-electron chi connectivity index (χ4n) is 1.36. The molecule has 0 bridgehead atoms. The van der Waals surface area contributed by atoms with Crippen molar-refractivity contribution in [2.75, 3.05) is 6.54 Å². The van der Waals surface area contributed by atoms with Gasteiger partial charge in [0.05, 0.1) is 10.0 Å². The summed E-state index contributed by atoms with van der Waals surface area (Å²) in [7, 11) is 0. The van der Waals surface area contributed by atoms with E-state index in [0.717, 1.165) is 10.3 Å². The quantitative estimate of drug-likeness (QED) is 0.892. The lowest BCUT2D eigenvalue weighted by Gasteiger charge is -2.08. The Hall–Kier alpha value is -0.620. The molecule has 1 atom stereocenters. The van der Waals surface area contributed by atoms with E-state index in [2.05, 4.69) is 27.3 Å². The van der Waals surface area contributed by atoms with Gasteiger partial charge in [0, 0.05) is 18.0 Å². The van der Waals surface area contributed by atoms with Crippen LogP contribution in [-0.4, -0.2) is 11.7 Å². The average Bonchev–Trinajstić information content (AvgIpc) is 2.89. The molecule has 0 amide bonds. The second-order valence-electron chi connectivity index (χ2n) is 3.37. The maximum atomic E-state index is 9.73. The molecule has 0 radical (unpaired) electrons. The molecule has 0 fully saturated rings. The molecule has 16 heavy (non-hydrogen) atoms. The molecule has 86 valence electrons. The van der Waals surface area contributed by atoms with Gasteiger partial charge in [0.2, 0.25) is 0 Å². The van der Waals surface area contributed by atoms with E-state index >= 15 is 0 Å². The Morgan fingerprint density at radius 1 is 1.44 bits per heavy atom. The first-order chi connectivity index (χ1) is 7.75. The molecule has 5 heteroatoms. The number of aliphatic hydroxyl groups is 1. The van der Waals surface area contributed by atoms with Crippen molar-refractivity contribution in [3.05, 3.63) is 45.0 Å². The van der Waals surface area contributed by atoms with E-state index in [1.807, 2.05) is 6.07 Å². The third kappa shape index (κ3) is 3.18. The molecular weight excluding hydrogens is 290 g/mol. The molecule has 0 saturated heterocycles. The van der Waals surface area contributed by atoms with Gasteiger partial charge in [-0.3, -0.25) is 0 Å². The predicted molar refractivity (Wildman–Crippen MR) is 67.4 cm³/mol. The Morgan fingerprint density at radius 2 is 2.31 bits per heavy atom. The van der Waals surface area contributed by atoms with Crippen molar-refractivity contribution in [1.29, 1.82) is 0 Å². The van der Waals surface area contributed by atoms with Gasteiger partial charge in [0.25, 0.3) is 0 Å². The Morgan fingerprint density at radius 3 is 2.94 bits per heavy atom. The lowest BCUT2D eigenvalue weighted by Crippen LogP contribution is -2.20.